The molecule has 0 bridgehead atoms. The van der Waals surface area contributed by atoms with Crippen molar-refractivity contribution in [2.24, 2.45) is 10.4 Å². The average Bonchev–Trinajstić information content (AvgIpc) is 2.38. The molecule has 3 nitrogen and oxygen atoms in total. The third kappa shape index (κ3) is 1.19. The van der Waals surface area contributed by atoms with Crippen LogP contribution in [0.3, 0.4) is 0 Å². The molecule has 84 valence electrons. The third-order valence-electron chi connectivity index (χ3n) is 3.50. The molecule has 3 aliphatic rings. The molecule has 1 heterocycles. The number of Topliss-reactive ketones (excluding diaryl/α,β-unsaturated/α-hetero) is 1. The maximum Gasteiger partial charge on any atom is 0.168 e. The van der Waals surface area contributed by atoms with Gasteiger partial charge in [-0.3, -0.25) is 14.6 Å². The molecule has 3 rings (SSSR count). The molecule has 3 heteroatoms. The van der Waals surface area contributed by atoms with Crippen molar-refractivity contribution in [2.45, 2.75) is 12.8 Å². The SMILES string of the molecule is O=CC1=NC=C2C=CC=CC23C(=O)CCC=C13. The van der Waals surface area contributed by atoms with Crippen LogP contribution in [0.4, 0.5) is 0 Å². The topological polar surface area (TPSA) is 46.5 Å². The van der Waals surface area contributed by atoms with E-state index < -0.39 is 5.41 Å². The van der Waals surface area contributed by atoms with Crippen LogP contribution in [0.2, 0.25) is 0 Å². The van der Waals surface area contributed by atoms with E-state index in [1.54, 1.807) is 6.20 Å². The Hall–Kier alpha value is -2.03. The minimum Gasteiger partial charge on any atom is -0.298 e. The highest BCUT2D eigenvalue weighted by molar-refractivity contribution is 6.39. The number of aldehydes is 1. The summed E-state index contributed by atoms with van der Waals surface area (Å²) >= 11 is 0. The largest absolute Gasteiger partial charge is 0.298 e. The minimum atomic E-state index is -0.745. The molecule has 1 unspecified atom stereocenters. The van der Waals surface area contributed by atoms with Crippen LogP contribution in [0.15, 0.2) is 52.7 Å². The molecule has 1 atom stereocenters. The Morgan fingerprint density at radius 1 is 1.35 bits per heavy atom. The molecule has 0 N–H and O–H groups in total. The standard InChI is InChI=1S/C14H11NO2/c16-9-12-11-5-3-6-13(17)14(11)7-2-1-4-10(14)8-15-12/h1-2,4-5,7-9H,3,6H2. The first-order valence-electron chi connectivity index (χ1n) is 5.63. The van der Waals surface area contributed by atoms with E-state index in [0.717, 1.165) is 17.4 Å². The number of carbonyl (C=O) groups is 2. The van der Waals surface area contributed by atoms with E-state index in [2.05, 4.69) is 4.99 Å². The van der Waals surface area contributed by atoms with Gasteiger partial charge in [-0.15, -0.1) is 0 Å². The fraction of sp³-hybridized carbons (Fsp3) is 0.214. The molecule has 17 heavy (non-hydrogen) atoms. The first-order chi connectivity index (χ1) is 8.29. The summed E-state index contributed by atoms with van der Waals surface area (Å²) in [5.41, 5.74) is 1.25. The van der Waals surface area contributed by atoms with E-state index in [4.69, 9.17) is 0 Å². The predicted molar refractivity (Wildman–Crippen MR) is 64.6 cm³/mol. The fourth-order valence-corrected chi connectivity index (χ4v) is 2.70. The lowest BCUT2D eigenvalue weighted by atomic mass is 9.63. The minimum absolute atomic E-state index is 0.149. The summed E-state index contributed by atoms with van der Waals surface area (Å²) in [6.07, 6.45) is 13.0. The lowest BCUT2D eigenvalue weighted by Crippen LogP contribution is -2.40. The monoisotopic (exact) mass is 225 g/mol. The molecule has 0 aromatic rings. The number of nitrogens with zero attached hydrogens (tertiary/aromatic N) is 1. The smallest absolute Gasteiger partial charge is 0.168 e. The summed E-state index contributed by atoms with van der Waals surface area (Å²) < 4.78 is 0. The molecule has 2 aliphatic carbocycles. The molecule has 0 fully saturated rings. The highest BCUT2D eigenvalue weighted by Crippen LogP contribution is 2.47. The zero-order valence-corrected chi connectivity index (χ0v) is 9.22. The van der Waals surface area contributed by atoms with Crippen LogP contribution in [0.5, 0.6) is 0 Å². The van der Waals surface area contributed by atoms with Crippen molar-refractivity contribution in [3.05, 3.63) is 47.7 Å². The quantitative estimate of drug-likeness (QED) is 0.640. The second-order valence-corrected chi connectivity index (χ2v) is 4.32. The van der Waals surface area contributed by atoms with Crippen LogP contribution >= 0.6 is 0 Å². The molecular weight excluding hydrogens is 214 g/mol. The first-order valence-corrected chi connectivity index (χ1v) is 5.63. The summed E-state index contributed by atoms with van der Waals surface area (Å²) in [6.45, 7) is 0. The van der Waals surface area contributed by atoms with E-state index in [1.165, 1.54) is 0 Å². The predicted octanol–water partition coefficient (Wildman–Crippen LogP) is 1.93. The van der Waals surface area contributed by atoms with E-state index in [0.29, 0.717) is 18.6 Å². The number of ketones is 1. The Morgan fingerprint density at radius 3 is 3.06 bits per heavy atom. The maximum atomic E-state index is 12.3. The van der Waals surface area contributed by atoms with E-state index in [-0.39, 0.29) is 5.78 Å². The summed E-state index contributed by atoms with van der Waals surface area (Å²) in [7, 11) is 0. The number of hydrogen-bond donors (Lipinski definition) is 0. The van der Waals surface area contributed by atoms with Crippen LogP contribution in [0.1, 0.15) is 12.8 Å². The summed E-state index contributed by atoms with van der Waals surface area (Å²) in [4.78, 5) is 27.5. The van der Waals surface area contributed by atoms with Gasteiger partial charge in [-0.1, -0.05) is 30.4 Å². The van der Waals surface area contributed by atoms with Gasteiger partial charge < -0.3 is 0 Å². The zero-order valence-electron chi connectivity index (χ0n) is 9.22. The van der Waals surface area contributed by atoms with Crippen LogP contribution in [0, 0.1) is 5.41 Å². The van der Waals surface area contributed by atoms with Crippen LogP contribution in [-0.2, 0) is 9.59 Å². The number of aliphatic imine (C=N–C) groups is 1. The van der Waals surface area contributed by atoms with Crippen molar-refractivity contribution >= 4 is 17.8 Å². The summed E-state index contributed by atoms with van der Waals surface area (Å²) in [6, 6.07) is 0. The van der Waals surface area contributed by atoms with Gasteiger partial charge in [0, 0.05) is 12.6 Å². The summed E-state index contributed by atoms with van der Waals surface area (Å²) in [5.74, 6) is 0.149. The molecule has 0 saturated carbocycles. The molecule has 0 radical (unpaired) electrons. The lowest BCUT2D eigenvalue weighted by Gasteiger charge is -2.38. The summed E-state index contributed by atoms with van der Waals surface area (Å²) in [5, 5.41) is 0. The van der Waals surface area contributed by atoms with E-state index >= 15 is 0 Å². The third-order valence-corrected chi connectivity index (χ3v) is 3.50. The van der Waals surface area contributed by atoms with Crippen LogP contribution in [-0.4, -0.2) is 17.8 Å². The van der Waals surface area contributed by atoms with Gasteiger partial charge in [0.1, 0.15) is 11.1 Å². The molecule has 1 aliphatic heterocycles. The Labute approximate surface area is 98.9 Å². The number of carbonyl (C=O) groups excluding carboxylic acids is 2. The average molecular weight is 225 g/mol. The molecular formula is C14H11NO2. The van der Waals surface area contributed by atoms with Crippen molar-refractivity contribution < 1.29 is 9.59 Å². The Balaban J connectivity index is 2.29. The first kappa shape index (κ1) is 10.1. The highest BCUT2D eigenvalue weighted by atomic mass is 16.1. The van der Waals surface area contributed by atoms with Gasteiger partial charge >= 0.3 is 0 Å². The second kappa shape index (κ2) is 3.48. The van der Waals surface area contributed by atoms with Gasteiger partial charge in [0.15, 0.2) is 12.1 Å². The van der Waals surface area contributed by atoms with Gasteiger partial charge in [-0.05, 0) is 17.6 Å². The number of rotatable bonds is 1. The molecule has 1 spiro atoms. The van der Waals surface area contributed by atoms with Gasteiger partial charge in [0.2, 0.25) is 0 Å². The van der Waals surface area contributed by atoms with Gasteiger partial charge in [0.25, 0.3) is 0 Å². The van der Waals surface area contributed by atoms with E-state index in [9.17, 15) is 9.59 Å². The van der Waals surface area contributed by atoms with E-state index in [1.807, 2.05) is 30.4 Å². The van der Waals surface area contributed by atoms with Crippen molar-refractivity contribution in [3.8, 4) is 0 Å². The molecule has 0 amide bonds. The highest BCUT2D eigenvalue weighted by Gasteiger charge is 2.47. The number of hydrogen-bond acceptors (Lipinski definition) is 3. The Kier molecular flexibility index (Phi) is 2.08. The zero-order chi connectivity index (χ0) is 11.9. The van der Waals surface area contributed by atoms with Crippen molar-refractivity contribution in [1.82, 2.24) is 0 Å². The second-order valence-electron chi connectivity index (χ2n) is 4.32. The molecule has 0 aromatic heterocycles. The van der Waals surface area contributed by atoms with Crippen molar-refractivity contribution in [1.29, 1.82) is 0 Å². The van der Waals surface area contributed by atoms with Crippen molar-refractivity contribution in [2.75, 3.05) is 0 Å². The number of allylic oxidation sites excluding steroid dienone is 7. The Morgan fingerprint density at radius 2 is 2.24 bits per heavy atom. The molecule has 0 saturated heterocycles. The normalized spacial score (nSPS) is 29.9. The molecule has 0 aromatic carbocycles. The van der Waals surface area contributed by atoms with Gasteiger partial charge in [0.05, 0.1) is 0 Å². The Bertz CT molecular complexity index is 561. The fourth-order valence-electron chi connectivity index (χ4n) is 2.70. The van der Waals surface area contributed by atoms with Crippen molar-refractivity contribution in [3.63, 3.8) is 0 Å². The van der Waals surface area contributed by atoms with Crippen LogP contribution in [0.25, 0.3) is 0 Å². The van der Waals surface area contributed by atoms with Crippen LogP contribution < -0.4 is 0 Å². The van der Waals surface area contributed by atoms with Gasteiger partial charge in [-0.2, -0.15) is 0 Å². The van der Waals surface area contributed by atoms with Gasteiger partial charge in [-0.25, -0.2) is 0 Å². The maximum absolute atomic E-state index is 12.3. The lowest BCUT2D eigenvalue weighted by molar-refractivity contribution is -0.123.